The largest absolute Gasteiger partial charge is 0.492 e. The molecule has 2 aliphatic rings. The average Bonchev–Trinajstić information content (AvgIpc) is 3.07. The van der Waals surface area contributed by atoms with Crippen LogP contribution in [0, 0.1) is 11.8 Å². The predicted octanol–water partition coefficient (Wildman–Crippen LogP) is 6.34. The third kappa shape index (κ3) is 11.5. The van der Waals surface area contributed by atoms with E-state index in [0.29, 0.717) is 50.1 Å². The van der Waals surface area contributed by atoms with Crippen LogP contribution in [-0.4, -0.2) is 46.2 Å². The zero-order chi connectivity index (χ0) is 31.9. The summed E-state index contributed by atoms with van der Waals surface area (Å²) in [6.45, 7) is 5.43. The Bertz CT molecular complexity index is 1280. The van der Waals surface area contributed by atoms with Crippen molar-refractivity contribution in [3.63, 3.8) is 0 Å². The lowest BCUT2D eigenvalue weighted by molar-refractivity contribution is -0.145. The van der Waals surface area contributed by atoms with E-state index in [-0.39, 0.29) is 35.7 Å². The highest BCUT2D eigenvalue weighted by Crippen LogP contribution is 2.28. The van der Waals surface area contributed by atoms with Gasteiger partial charge in [-0.3, -0.25) is 14.2 Å². The van der Waals surface area contributed by atoms with Crippen molar-refractivity contribution in [2.75, 3.05) is 25.1 Å². The minimum atomic E-state index is -0.354. The van der Waals surface area contributed by atoms with E-state index in [1.165, 1.54) is 73.5 Å². The van der Waals surface area contributed by atoms with E-state index in [4.69, 9.17) is 14.2 Å². The smallest absolute Gasteiger partial charge is 0.347 e. The summed E-state index contributed by atoms with van der Waals surface area (Å²) in [6, 6.07) is 7.23. The van der Waals surface area contributed by atoms with Crippen LogP contribution in [-0.2, 0) is 22.6 Å². The zero-order valence-electron chi connectivity index (χ0n) is 27.5. The van der Waals surface area contributed by atoms with Crippen molar-refractivity contribution in [1.29, 1.82) is 0 Å². The van der Waals surface area contributed by atoms with E-state index >= 15 is 0 Å². The number of aryl methyl sites for hydroxylation is 1. The Morgan fingerprint density at radius 3 is 2.13 bits per heavy atom. The normalized spacial score (nSPS) is 16.7. The Morgan fingerprint density at radius 1 is 0.911 bits per heavy atom. The number of esters is 1. The van der Waals surface area contributed by atoms with Gasteiger partial charge in [0.2, 0.25) is 5.82 Å². The first kappa shape index (κ1) is 34.6. The predicted molar refractivity (Wildman–Crippen MR) is 176 cm³/mol. The van der Waals surface area contributed by atoms with Crippen molar-refractivity contribution < 1.29 is 19.0 Å². The number of hydrogen-bond acceptors (Lipinski definition) is 8. The van der Waals surface area contributed by atoms with E-state index in [0.717, 1.165) is 31.6 Å². The number of carbonyl (C=O) groups is 1. The van der Waals surface area contributed by atoms with Crippen LogP contribution >= 0.6 is 0 Å². The van der Waals surface area contributed by atoms with Gasteiger partial charge >= 0.3 is 11.7 Å². The van der Waals surface area contributed by atoms with Gasteiger partial charge in [-0.25, -0.2) is 9.48 Å². The number of aromatic nitrogens is 3. The topological polar surface area (TPSA) is 114 Å². The molecule has 2 aromatic rings. The van der Waals surface area contributed by atoms with Gasteiger partial charge in [0.05, 0.1) is 6.54 Å². The highest BCUT2D eigenvalue weighted by molar-refractivity contribution is 5.68. The van der Waals surface area contributed by atoms with Crippen LogP contribution in [0.25, 0.3) is 0 Å². The summed E-state index contributed by atoms with van der Waals surface area (Å²) < 4.78 is 19.7. The molecule has 1 aromatic carbocycles. The van der Waals surface area contributed by atoms with E-state index < -0.39 is 0 Å². The first-order valence-corrected chi connectivity index (χ1v) is 17.4. The fourth-order valence-corrected chi connectivity index (χ4v) is 6.56. The number of anilines is 1. The van der Waals surface area contributed by atoms with Crippen LogP contribution in [0.15, 0.2) is 33.9 Å². The minimum absolute atomic E-state index is 0.195. The van der Waals surface area contributed by atoms with E-state index in [1.54, 1.807) is 19.1 Å². The first-order chi connectivity index (χ1) is 21.9. The number of nitrogens with zero attached hydrogens (tertiary/aromatic N) is 3. The fraction of sp³-hybridized carbons (Fsp3) is 0.714. The summed E-state index contributed by atoms with van der Waals surface area (Å²) >= 11 is 0. The molecule has 0 radical (unpaired) electrons. The molecule has 0 spiro atoms. The molecular weight excluding hydrogens is 572 g/mol. The van der Waals surface area contributed by atoms with Crippen molar-refractivity contribution in [3.8, 4) is 11.5 Å². The Labute approximate surface area is 267 Å². The summed E-state index contributed by atoms with van der Waals surface area (Å²) in [4.78, 5) is 38.1. The van der Waals surface area contributed by atoms with E-state index in [9.17, 15) is 14.4 Å². The van der Waals surface area contributed by atoms with Gasteiger partial charge in [0.15, 0.2) is 0 Å². The monoisotopic (exact) mass is 626 g/mol. The summed E-state index contributed by atoms with van der Waals surface area (Å²) in [5.41, 5.74) is -0.651. The highest BCUT2D eigenvalue weighted by atomic mass is 16.6. The van der Waals surface area contributed by atoms with Crippen molar-refractivity contribution in [2.24, 2.45) is 11.8 Å². The number of rotatable bonds is 18. The number of hydrogen-bond donors (Lipinski definition) is 1. The first-order valence-electron chi connectivity index (χ1n) is 17.4. The van der Waals surface area contributed by atoms with Crippen LogP contribution in [0.5, 0.6) is 11.5 Å². The maximum atomic E-state index is 13.4. The second-order valence-corrected chi connectivity index (χ2v) is 12.8. The molecule has 1 N–H and O–H groups in total. The molecule has 2 fully saturated rings. The summed E-state index contributed by atoms with van der Waals surface area (Å²) in [7, 11) is 0. The van der Waals surface area contributed by atoms with Crippen LogP contribution in [0.1, 0.15) is 110 Å². The van der Waals surface area contributed by atoms with E-state index in [1.807, 2.05) is 19.1 Å². The number of ether oxygens (including phenoxy) is 3. The van der Waals surface area contributed by atoms with Crippen molar-refractivity contribution >= 4 is 11.8 Å². The molecule has 4 rings (SSSR count). The van der Waals surface area contributed by atoms with Crippen LogP contribution in [0.2, 0.25) is 0 Å². The quantitative estimate of drug-likeness (QED) is 0.151. The lowest BCUT2D eigenvalue weighted by Crippen LogP contribution is -2.43. The number of carbonyl (C=O) groups excluding carboxylic acids is 1. The standard InChI is InChI=1S/C35H54N4O6/c1-3-32(40)44-26-27(2)45-31-20-18-30(19-21-31)43-25-22-36-33-34(41)38(23-10-16-28-12-6-4-7-13-28)35(42)39(37-33)24-11-17-29-14-8-5-9-15-29/h18-21,27-29H,3-17,22-26H2,1-2H3,(H,36,37). The Kier molecular flexibility index (Phi) is 14.3. The molecule has 2 saturated carbocycles. The van der Waals surface area contributed by atoms with Gasteiger partial charge in [0.1, 0.15) is 30.8 Å². The average molecular weight is 627 g/mol. The molecule has 10 nitrogen and oxygen atoms in total. The van der Waals surface area contributed by atoms with Crippen LogP contribution < -0.4 is 26.0 Å². The SMILES string of the molecule is CCC(=O)OCC(C)Oc1ccc(OCCNc2nn(CCCC3CCCCC3)c(=O)n(CCCC3CCCCC3)c2=O)cc1. The maximum Gasteiger partial charge on any atom is 0.347 e. The molecule has 1 aromatic heterocycles. The Balaban J connectivity index is 1.31. The van der Waals surface area contributed by atoms with Gasteiger partial charge in [-0.05, 0) is 68.7 Å². The van der Waals surface area contributed by atoms with Crippen molar-refractivity contribution in [2.45, 2.75) is 129 Å². The molecule has 0 saturated heterocycles. The minimum Gasteiger partial charge on any atom is -0.492 e. The zero-order valence-corrected chi connectivity index (χ0v) is 27.5. The fourth-order valence-electron chi connectivity index (χ4n) is 6.56. The van der Waals surface area contributed by atoms with Crippen molar-refractivity contribution in [3.05, 3.63) is 45.1 Å². The van der Waals surface area contributed by atoms with Crippen molar-refractivity contribution in [1.82, 2.24) is 14.3 Å². The van der Waals surface area contributed by atoms with Gasteiger partial charge in [-0.2, -0.15) is 0 Å². The molecule has 2 aliphatic carbocycles. The maximum absolute atomic E-state index is 13.4. The van der Waals surface area contributed by atoms with Gasteiger partial charge < -0.3 is 19.5 Å². The molecule has 45 heavy (non-hydrogen) atoms. The molecule has 1 unspecified atom stereocenters. The molecule has 0 amide bonds. The summed E-state index contributed by atoms with van der Waals surface area (Å²) in [5.74, 6) is 2.71. The molecule has 10 heteroatoms. The van der Waals surface area contributed by atoms with E-state index in [2.05, 4.69) is 10.4 Å². The molecule has 0 bridgehead atoms. The molecule has 250 valence electrons. The number of nitrogens with one attached hydrogen (secondary N) is 1. The van der Waals surface area contributed by atoms with Crippen LogP contribution in [0.3, 0.4) is 0 Å². The Hall–Kier alpha value is -3.30. The Morgan fingerprint density at radius 2 is 1.51 bits per heavy atom. The molecular formula is C35H54N4O6. The third-order valence-electron chi connectivity index (χ3n) is 9.14. The highest BCUT2D eigenvalue weighted by Gasteiger charge is 2.18. The number of benzene rings is 1. The second-order valence-electron chi connectivity index (χ2n) is 12.8. The van der Waals surface area contributed by atoms with Gasteiger partial charge in [0, 0.05) is 19.5 Å². The van der Waals surface area contributed by atoms with Gasteiger partial charge in [-0.1, -0.05) is 71.1 Å². The third-order valence-corrected chi connectivity index (χ3v) is 9.14. The van der Waals surface area contributed by atoms with Gasteiger partial charge in [0.25, 0.3) is 5.56 Å². The lowest BCUT2D eigenvalue weighted by atomic mass is 9.86. The molecule has 1 atom stereocenters. The summed E-state index contributed by atoms with van der Waals surface area (Å²) in [5, 5.41) is 7.63. The lowest BCUT2D eigenvalue weighted by Gasteiger charge is -2.22. The molecule has 0 aliphatic heterocycles. The second kappa shape index (κ2) is 18.6. The van der Waals surface area contributed by atoms with Gasteiger partial charge in [-0.15, -0.1) is 5.10 Å². The van der Waals surface area contributed by atoms with Crippen LogP contribution in [0.4, 0.5) is 5.82 Å². The molecule has 1 heterocycles. The summed E-state index contributed by atoms with van der Waals surface area (Å²) in [6.07, 6.45) is 16.9.